The SMILES string of the molecule is CCCCN1CCC(NC(=O)c2ccc(I)c(Cl)c2)CC1. The van der Waals surface area contributed by atoms with Crippen molar-refractivity contribution in [1.29, 1.82) is 0 Å². The second-order valence-electron chi connectivity index (χ2n) is 5.57. The molecule has 1 amide bonds. The van der Waals surface area contributed by atoms with Crippen molar-refractivity contribution in [3.8, 4) is 0 Å². The summed E-state index contributed by atoms with van der Waals surface area (Å²) in [6, 6.07) is 5.74. The first kappa shape index (κ1) is 17.0. The summed E-state index contributed by atoms with van der Waals surface area (Å²) in [4.78, 5) is 14.7. The lowest BCUT2D eigenvalue weighted by Crippen LogP contribution is -2.44. The van der Waals surface area contributed by atoms with E-state index < -0.39 is 0 Å². The molecule has 5 heteroatoms. The number of carbonyl (C=O) groups is 1. The molecular weight excluding hydrogens is 399 g/mol. The van der Waals surface area contributed by atoms with E-state index in [-0.39, 0.29) is 11.9 Å². The number of carbonyl (C=O) groups excluding carboxylic acids is 1. The van der Waals surface area contributed by atoms with Gasteiger partial charge in [-0.05, 0) is 66.6 Å². The number of nitrogens with one attached hydrogen (secondary N) is 1. The standard InChI is InChI=1S/C16H22ClIN2O/c1-2-3-8-20-9-6-13(7-10-20)19-16(21)12-4-5-15(18)14(17)11-12/h4-5,11,13H,2-3,6-10H2,1H3,(H,19,21). The van der Waals surface area contributed by atoms with Gasteiger partial charge in [-0.2, -0.15) is 0 Å². The Hall–Kier alpha value is -0.330. The van der Waals surface area contributed by atoms with Crippen LogP contribution in [0.4, 0.5) is 0 Å². The van der Waals surface area contributed by atoms with Gasteiger partial charge in [0.05, 0.1) is 5.02 Å². The van der Waals surface area contributed by atoms with Gasteiger partial charge in [0.1, 0.15) is 0 Å². The minimum Gasteiger partial charge on any atom is -0.349 e. The van der Waals surface area contributed by atoms with Crippen molar-refractivity contribution in [2.45, 2.75) is 38.6 Å². The van der Waals surface area contributed by atoms with E-state index in [2.05, 4.69) is 39.7 Å². The maximum Gasteiger partial charge on any atom is 0.251 e. The Morgan fingerprint density at radius 2 is 2.14 bits per heavy atom. The molecule has 0 radical (unpaired) electrons. The van der Waals surface area contributed by atoms with E-state index in [1.54, 1.807) is 6.07 Å². The van der Waals surface area contributed by atoms with Gasteiger partial charge >= 0.3 is 0 Å². The molecule has 0 bridgehead atoms. The van der Waals surface area contributed by atoms with Gasteiger partial charge in [-0.15, -0.1) is 0 Å². The Kier molecular flexibility index (Phi) is 6.76. The van der Waals surface area contributed by atoms with E-state index in [1.807, 2.05) is 12.1 Å². The summed E-state index contributed by atoms with van der Waals surface area (Å²) < 4.78 is 0.968. The molecule has 1 heterocycles. The first-order valence-corrected chi connectivity index (χ1v) is 9.04. The van der Waals surface area contributed by atoms with Gasteiger partial charge in [0.25, 0.3) is 5.91 Å². The Morgan fingerprint density at radius 1 is 1.43 bits per heavy atom. The van der Waals surface area contributed by atoms with Crippen LogP contribution in [0.5, 0.6) is 0 Å². The van der Waals surface area contributed by atoms with Crippen molar-refractivity contribution in [1.82, 2.24) is 10.2 Å². The molecule has 116 valence electrons. The number of unbranched alkanes of at least 4 members (excludes halogenated alkanes) is 1. The molecule has 1 aliphatic rings. The first-order valence-electron chi connectivity index (χ1n) is 7.58. The molecule has 1 aromatic rings. The van der Waals surface area contributed by atoms with Crippen LogP contribution in [0.1, 0.15) is 43.0 Å². The van der Waals surface area contributed by atoms with Gasteiger partial charge in [-0.25, -0.2) is 0 Å². The van der Waals surface area contributed by atoms with Gasteiger partial charge in [-0.3, -0.25) is 4.79 Å². The number of hydrogen-bond donors (Lipinski definition) is 1. The highest BCUT2D eigenvalue weighted by Gasteiger charge is 2.20. The number of likely N-dealkylation sites (tertiary alicyclic amines) is 1. The van der Waals surface area contributed by atoms with Crippen LogP contribution in [0.2, 0.25) is 5.02 Å². The molecule has 2 rings (SSSR count). The quantitative estimate of drug-likeness (QED) is 0.732. The number of halogens is 2. The Bertz CT molecular complexity index is 487. The summed E-state index contributed by atoms with van der Waals surface area (Å²) in [5.41, 5.74) is 0.647. The lowest BCUT2D eigenvalue weighted by Gasteiger charge is -2.32. The van der Waals surface area contributed by atoms with Crippen LogP contribution in [0.25, 0.3) is 0 Å². The Labute approximate surface area is 145 Å². The minimum atomic E-state index is -0.0136. The van der Waals surface area contributed by atoms with E-state index in [0.717, 1.165) is 29.5 Å². The summed E-state index contributed by atoms with van der Waals surface area (Å²) in [5.74, 6) is -0.0136. The molecule has 0 aliphatic carbocycles. The molecule has 21 heavy (non-hydrogen) atoms. The summed E-state index contributed by atoms with van der Waals surface area (Å²) in [5, 5.41) is 3.77. The summed E-state index contributed by atoms with van der Waals surface area (Å²) in [6.45, 7) is 5.57. The maximum absolute atomic E-state index is 12.2. The van der Waals surface area contributed by atoms with Gasteiger partial charge in [0.15, 0.2) is 0 Å². The molecule has 0 spiro atoms. The fourth-order valence-corrected chi connectivity index (χ4v) is 3.10. The Balaban J connectivity index is 1.82. The van der Waals surface area contributed by atoms with E-state index >= 15 is 0 Å². The molecule has 0 saturated carbocycles. The molecule has 1 fully saturated rings. The number of rotatable bonds is 5. The van der Waals surface area contributed by atoms with Gasteiger partial charge in [0.2, 0.25) is 0 Å². The van der Waals surface area contributed by atoms with E-state index in [1.165, 1.54) is 19.4 Å². The third-order valence-electron chi connectivity index (χ3n) is 3.93. The largest absolute Gasteiger partial charge is 0.349 e. The maximum atomic E-state index is 12.2. The van der Waals surface area contributed by atoms with Gasteiger partial charge < -0.3 is 10.2 Å². The summed E-state index contributed by atoms with van der Waals surface area (Å²) in [6.07, 6.45) is 4.57. The van der Waals surface area contributed by atoms with Crippen molar-refractivity contribution in [2.75, 3.05) is 19.6 Å². The molecule has 0 unspecified atom stereocenters. The zero-order valence-corrected chi connectivity index (χ0v) is 15.3. The minimum absolute atomic E-state index is 0.0136. The molecule has 0 atom stereocenters. The van der Waals surface area contributed by atoms with E-state index in [9.17, 15) is 4.79 Å². The van der Waals surface area contributed by atoms with Crippen molar-refractivity contribution >= 4 is 40.1 Å². The van der Waals surface area contributed by atoms with Crippen LogP contribution >= 0.6 is 34.2 Å². The van der Waals surface area contributed by atoms with Crippen molar-refractivity contribution in [3.05, 3.63) is 32.4 Å². The molecule has 1 aromatic carbocycles. The van der Waals surface area contributed by atoms with Gasteiger partial charge in [-0.1, -0.05) is 24.9 Å². The third kappa shape index (κ3) is 5.11. The Morgan fingerprint density at radius 3 is 2.76 bits per heavy atom. The highest BCUT2D eigenvalue weighted by molar-refractivity contribution is 14.1. The van der Waals surface area contributed by atoms with Crippen LogP contribution in [-0.2, 0) is 0 Å². The smallest absolute Gasteiger partial charge is 0.251 e. The average molecular weight is 421 g/mol. The van der Waals surface area contributed by atoms with E-state index in [0.29, 0.717) is 10.6 Å². The van der Waals surface area contributed by atoms with Gasteiger partial charge in [0, 0.05) is 28.3 Å². The zero-order chi connectivity index (χ0) is 15.2. The van der Waals surface area contributed by atoms with E-state index in [4.69, 9.17) is 11.6 Å². The molecule has 1 N–H and O–H groups in total. The second kappa shape index (κ2) is 8.34. The number of piperidine rings is 1. The van der Waals surface area contributed by atoms with Crippen LogP contribution in [0.3, 0.4) is 0 Å². The number of amides is 1. The van der Waals surface area contributed by atoms with Crippen LogP contribution in [0.15, 0.2) is 18.2 Å². The average Bonchev–Trinajstić information content (AvgIpc) is 2.49. The molecular formula is C16H22ClIN2O. The molecule has 1 saturated heterocycles. The fraction of sp³-hybridized carbons (Fsp3) is 0.562. The monoisotopic (exact) mass is 420 g/mol. The van der Waals surface area contributed by atoms with Crippen molar-refractivity contribution in [3.63, 3.8) is 0 Å². The highest BCUT2D eigenvalue weighted by Crippen LogP contribution is 2.20. The fourth-order valence-electron chi connectivity index (χ4n) is 2.59. The molecule has 0 aromatic heterocycles. The topological polar surface area (TPSA) is 32.3 Å². The number of benzene rings is 1. The highest BCUT2D eigenvalue weighted by atomic mass is 127. The second-order valence-corrected chi connectivity index (χ2v) is 7.14. The third-order valence-corrected chi connectivity index (χ3v) is 5.50. The van der Waals surface area contributed by atoms with Crippen LogP contribution in [0, 0.1) is 3.57 Å². The van der Waals surface area contributed by atoms with Crippen LogP contribution < -0.4 is 5.32 Å². The predicted molar refractivity (Wildman–Crippen MR) is 96.0 cm³/mol. The van der Waals surface area contributed by atoms with Crippen LogP contribution in [-0.4, -0.2) is 36.5 Å². The van der Waals surface area contributed by atoms with Crippen molar-refractivity contribution in [2.24, 2.45) is 0 Å². The summed E-state index contributed by atoms with van der Waals surface area (Å²) in [7, 11) is 0. The molecule has 3 nitrogen and oxygen atoms in total. The normalized spacial score (nSPS) is 16.9. The molecule has 1 aliphatic heterocycles. The lowest BCUT2D eigenvalue weighted by atomic mass is 10.0. The first-order chi connectivity index (χ1) is 10.1. The summed E-state index contributed by atoms with van der Waals surface area (Å²) >= 11 is 8.24. The number of hydrogen-bond acceptors (Lipinski definition) is 2. The van der Waals surface area contributed by atoms with Crippen molar-refractivity contribution < 1.29 is 4.79 Å². The zero-order valence-electron chi connectivity index (χ0n) is 12.4. The lowest BCUT2D eigenvalue weighted by molar-refractivity contribution is 0.0911. The predicted octanol–water partition coefficient (Wildman–Crippen LogP) is 3.94. The number of nitrogens with zero attached hydrogens (tertiary/aromatic N) is 1.